The van der Waals surface area contributed by atoms with Crippen molar-refractivity contribution in [2.45, 2.75) is 44.3 Å². The van der Waals surface area contributed by atoms with Crippen molar-refractivity contribution in [1.82, 2.24) is 5.32 Å². The number of alkyl halides is 3. The summed E-state index contributed by atoms with van der Waals surface area (Å²) >= 11 is 0. The van der Waals surface area contributed by atoms with Crippen LogP contribution in [-0.2, 0) is 0 Å². The van der Waals surface area contributed by atoms with Crippen LogP contribution in [0.25, 0.3) is 0 Å². The summed E-state index contributed by atoms with van der Waals surface area (Å²) in [5, 5.41) is 2.66. The molecule has 1 aromatic rings. The molecule has 1 N–H and O–H groups in total. The zero-order valence-electron chi connectivity index (χ0n) is 11.4. The second kappa shape index (κ2) is 6.93. The van der Waals surface area contributed by atoms with Crippen molar-refractivity contribution >= 4 is 0 Å². The molecule has 0 fully saturated rings. The molecule has 1 aliphatic rings. The monoisotopic (exact) mass is 283 g/mol. The van der Waals surface area contributed by atoms with Crippen molar-refractivity contribution in [1.29, 1.82) is 0 Å². The van der Waals surface area contributed by atoms with E-state index in [2.05, 4.69) is 11.4 Å². The summed E-state index contributed by atoms with van der Waals surface area (Å²) in [5.41, 5.74) is 1.57. The van der Waals surface area contributed by atoms with Gasteiger partial charge in [0.05, 0.1) is 0 Å². The van der Waals surface area contributed by atoms with Gasteiger partial charge in [-0.15, -0.1) is 0 Å². The highest BCUT2D eigenvalue weighted by molar-refractivity contribution is 5.20. The van der Waals surface area contributed by atoms with Gasteiger partial charge in [0.2, 0.25) is 0 Å². The third-order valence-corrected chi connectivity index (χ3v) is 3.64. The standard InChI is InChI=1S/C16H20F3N/c17-16(18,19)15(14-9-5-2-6-10-14)20-12-11-13-7-3-1-4-8-13/h2,5-7,9-10,15,20H,1,3-4,8,11-12H2. The Kier molecular flexibility index (Phi) is 5.24. The Morgan fingerprint density at radius 3 is 2.45 bits per heavy atom. The Hall–Kier alpha value is -1.29. The first-order valence-electron chi connectivity index (χ1n) is 7.10. The smallest absolute Gasteiger partial charge is 0.302 e. The van der Waals surface area contributed by atoms with Gasteiger partial charge in [0.25, 0.3) is 0 Å². The van der Waals surface area contributed by atoms with E-state index in [4.69, 9.17) is 0 Å². The van der Waals surface area contributed by atoms with Crippen LogP contribution in [0, 0.1) is 0 Å². The zero-order valence-corrected chi connectivity index (χ0v) is 11.4. The van der Waals surface area contributed by atoms with Gasteiger partial charge in [-0.1, -0.05) is 42.0 Å². The molecule has 0 radical (unpaired) electrons. The molecule has 0 bridgehead atoms. The molecule has 20 heavy (non-hydrogen) atoms. The molecule has 2 rings (SSSR count). The average molecular weight is 283 g/mol. The van der Waals surface area contributed by atoms with E-state index in [1.165, 1.54) is 24.1 Å². The SMILES string of the molecule is FC(F)(F)C(NCCC1=CCCCC1)c1ccccc1. The van der Waals surface area contributed by atoms with Crippen molar-refractivity contribution in [3.63, 3.8) is 0 Å². The van der Waals surface area contributed by atoms with Crippen molar-refractivity contribution in [2.75, 3.05) is 6.54 Å². The highest BCUT2D eigenvalue weighted by Crippen LogP contribution is 2.32. The first-order chi connectivity index (χ1) is 9.57. The first kappa shape index (κ1) is 15.1. The average Bonchev–Trinajstić information content (AvgIpc) is 2.44. The summed E-state index contributed by atoms with van der Waals surface area (Å²) in [6.07, 6.45) is 3.08. The van der Waals surface area contributed by atoms with Crippen molar-refractivity contribution in [3.05, 3.63) is 47.5 Å². The molecule has 1 aliphatic carbocycles. The fourth-order valence-electron chi connectivity index (χ4n) is 2.58. The normalized spacial score (nSPS) is 17.6. The van der Waals surface area contributed by atoms with Crippen LogP contribution in [0.2, 0.25) is 0 Å². The number of allylic oxidation sites excluding steroid dienone is 1. The van der Waals surface area contributed by atoms with E-state index in [0.29, 0.717) is 13.0 Å². The van der Waals surface area contributed by atoms with Crippen molar-refractivity contribution < 1.29 is 13.2 Å². The van der Waals surface area contributed by atoms with Gasteiger partial charge in [0.1, 0.15) is 6.04 Å². The van der Waals surface area contributed by atoms with Crippen molar-refractivity contribution in [3.8, 4) is 0 Å². The summed E-state index contributed by atoms with van der Waals surface area (Å²) in [6.45, 7) is 0.366. The van der Waals surface area contributed by atoms with E-state index < -0.39 is 12.2 Å². The Balaban J connectivity index is 1.93. The van der Waals surface area contributed by atoms with E-state index in [1.54, 1.807) is 18.2 Å². The molecule has 0 spiro atoms. The molecule has 0 aromatic heterocycles. The van der Waals surface area contributed by atoms with Crippen LogP contribution >= 0.6 is 0 Å². The van der Waals surface area contributed by atoms with Crippen LogP contribution in [0.15, 0.2) is 42.0 Å². The Labute approximate surface area is 117 Å². The van der Waals surface area contributed by atoms with E-state index in [0.717, 1.165) is 19.3 Å². The van der Waals surface area contributed by atoms with Gasteiger partial charge in [-0.05, 0) is 44.2 Å². The lowest BCUT2D eigenvalue weighted by Gasteiger charge is -2.23. The van der Waals surface area contributed by atoms with Crippen LogP contribution < -0.4 is 5.32 Å². The molecule has 0 heterocycles. The summed E-state index contributed by atoms with van der Waals surface area (Å²) < 4.78 is 39.3. The highest BCUT2D eigenvalue weighted by Gasteiger charge is 2.40. The first-order valence-corrected chi connectivity index (χ1v) is 7.10. The maximum Gasteiger partial charge on any atom is 0.407 e. The minimum Gasteiger partial charge on any atom is -0.302 e. The third-order valence-electron chi connectivity index (χ3n) is 3.64. The van der Waals surface area contributed by atoms with Gasteiger partial charge in [-0.2, -0.15) is 13.2 Å². The van der Waals surface area contributed by atoms with Gasteiger partial charge in [-0.3, -0.25) is 0 Å². The van der Waals surface area contributed by atoms with Crippen LogP contribution in [0.4, 0.5) is 13.2 Å². The molecule has 4 heteroatoms. The Morgan fingerprint density at radius 2 is 1.85 bits per heavy atom. The summed E-state index contributed by atoms with van der Waals surface area (Å²) in [7, 11) is 0. The summed E-state index contributed by atoms with van der Waals surface area (Å²) in [6, 6.07) is 6.46. The predicted molar refractivity (Wildman–Crippen MR) is 74.4 cm³/mol. The van der Waals surface area contributed by atoms with E-state index in [-0.39, 0.29) is 5.56 Å². The molecule has 110 valence electrons. The van der Waals surface area contributed by atoms with Crippen molar-refractivity contribution in [2.24, 2.45) is 0 Å². The van der Waals surface area contributed by atoms with Gasteiger partial charge < -0.3 is 5.32 Å². The fourth-order valence-corrected chi connectivity index (χ4v) is 2.58. The summed E-state index contributed by atoms with van der Waals surface area (Å²) in [4.78, 5) is 0. The minimum absolute atomic E-state index is 0.276. The predicted octanol–water partition coefficient (Wildman–Crippen LogP) is 4.77. The number of halogens is 3. The molecule has 0 amide bonds. The van der Waals surface area contributed by atoms with Gasteiger partial charge in [0, 0.05) is 0 Å². The number of hydrogen-bond acceptors (Lipinski definition) is 1. The molecular weight excluding hydrogens is 263 g/mol. The minimum atomic E-state index is -4.26. The maximum absolute atomic E-state index is 13.1. The second-order valence-corrected chi connectivity index (χ2v) is 5.20. The molecule has 0 aliphatic heterocycles. The zero-order chi connectivity index (χ0) is 14.4. The third kappa shape index (κ3) is 4.37. The number of nitrogens with one attached hydrogen (secondary N) is 1. The Morgan fingerprint density at radius 1 is 1.10 bits per heavy atom. The lowest BCUT2D eigenvalue weighted by atomic mass is 9.97. The summed E-state index contributed by atoms with van der Waals surface area (Å²) in [5.74, 6) is 0. The molecule has 0 saturated heterocycles. The number of benzene rings is 1. The number of rotatable bonds is 5. The van der Waals surface area contributed by atoms with Crippen LogP contribution in [-0.4, -0.2) is 12.7 Å². The number of hydrogen-bond donors (Lipinski definition) is 1. The largest absolute Gasteiger partial charge is 0.407 e. The molecule has 1 nitrogen and oxygen atoms in total. The molecule has 1 atom stereocenters. The lowest BCUT2D eigenvalue weighted by Crippen LogP contribution is -2.34. The maximum atomic E-state index is 13.1. The lowest BCUT2D eigenvalue weighted by molar-refractivity contribution is -0.157. The Bertz CT molecular complexity index is 437. The second-order valence-electron chi connectivity index (χ2n) is 5.20. The fraction of sp³-hybridized carbons (Fsp3) is 0.500. The van der Waals surface area contributed by atoms with E-state index in [1.807, 2.05) is 0 Å². The van der Waals surface area contributed by atoms with Gasteiger partial charge in [-0.25, -0.2) is 0 Å². The molecule has 0 saturated carbocycles. The van der Waals surface area contributed by atoms with E-state index in [9.17, 15) is 13.2 Å². The quantitative estimate of drug-likeness (QED) is 0.767. The molecular formula is C16H20F3N. The van der Waals surface area contributed by atoms with Crippen LogP contribution in [0.3, 0.4) is 0 Å². The van der Waals surface area contributed by atoms with E-state index >= 15 is 0 Å². The van der Waals surface area contributed by atoms with Crippen LogP contribution in [0.5, 0.6) is 0 Å². The topological polar surface area (TPSA) is 12.0 Å². The highest BCUT2D eigenvalue weighted by atomic mass is 19.4. The van der Waals surface area contributed by atoms with Crippen LogP contribution in [0.1, 0.15) is 43.7 Å². The van der Waals surface area contributed by atoms with Gasteiger partial charge in [0.15, 0.2) is 0 Å². The van der Waals surface area contributed by atoms with Gasteiger partial charge >= 0.3 is 6.18 Å². The molecule has 1 unspecified atom stereocenters. The molecule has 1 aromatic carbocycles.